The first-order valence-corrected chi connectivity index (χ1v) is 4.99. The molecule has 0 aromatic carbocycles. The number of hydrogen-bond donors (Lipinski definition) is 2. The van der Waals surface area contributed by atoms with Crippen LogP contribution >= 0.6 is 0 Å². The van der Waals surface area contributed by atoms with Crippen LogP contribution in [0.5, 0.6) is 0 Å². The van der Waals surface area contributed by atoms with Gasteiger partial charge in [-0.1, -0.05) is 20.8 Å². The molecule has 12 heavy (non-hydrogen) atoms. The van der Waals surface area contributed by atoms with Crippen LogP contribution in [0.4, 0.5) is 0 Å². The Bertz CT molecular complexity index is 131. The molecule has 2 unspecified atom stereocenters. The first-order chi connectivity index (χ1) is 5.50. The van der Waals surface area contributed by atoms with Gasteiger partial charge in [0.2, 0.25) is 0 Å². The number of nitrogens with one attached hydrogen (secondary N) is 1. The molecule has 72 valence electrons. The van der Waals surface area contributed by atoms with E-state index in [0.29, 0.717) is 12.1 Å². The molecule has 0 aromatic rings. The lowest BCUT2D eigenvalue weighted by molar-refractivity contribution is 0.284. The molecule has 1 fully saturated rings. The second-order valence-corrected chi connectivity index (χ2v) is 5.00. The maximum absolute atomic E-state index is 6.09. The standard InChI is InChI=1S/C10H22N2/c1-10(2,3)9(11)7-8-5-4-6-12-8/h8-9,12H,4-7,11H2,1-3H3. The highest BCUT2D eigenvalue weighted by molar-refractivity contribution is 4.84. The van der Waals surface area contributed by atoms with E-state index in [4.69, 9.17) is 5.73 Å². The number of hydrogen-bond acceptors (Lipinski definition) is 2. The average Bonchev–Trinajstić information content (AvgIpc) is 2.37. The normalized spacial score (nSPS) is 27.5. The quantitative estimate of drug-likeness (QED) is 0.659. The Labute approximate surface area is 75.9 Å². The molecule has 1 aliphatic rings. The summed E-state index contributed by atoms with van der Waals surface area (Å²) in [5, 5.41) is 3.48. The Balaban J connectivity index is 2.30. The third-order valence-electron chi connectivity index (χ3n) is 2.81. The molecule has 0 radical (unpaired) electrons. The highest BCUT2D eigenvalue weighted by Crippen LogP contribution is 2.23. The minimum Gasteiger partial charge on any atom is -0.327 e. The van der Waals surface area contributed by atoms with Crippen LogP contribution in [-0.2, 0) is 0 Å². The maximum Gasteiger partial charge on any atom is 0.0102 e. The monoisotopic (exact) mass is 170 g/mol. The summed E-state index contributed by atoms with van der Waals surface area (Å²) in [5.74, 6) is 0. The summed E-state index contributed by atoms with van der Waals surface area (Å²) in [6.07, 6.45) is 3.76. The van der Waals surface area contributed by atoms with E-state index in [9.17, 15) is 0 Å². The van der Waals surface area contributed by atoms with Gasteiger partial charge in [-0.25, -0.2) is 0 Å². The third kappa shape index (κ3) is 2.76. The molecule has 2 atom stereocenters. The first kappa shape index (κ1) is 10.0. The molecule has 2 heteroatoms. The van der Waals surface area contributed by atoms with Crippen molar-refractivity contribution in [2.24, 2.45) is 11.1 Å². The fraction of sp³-hybridized carbons (Fsp3) is 1.00. The Kier molecular flexibility index (Phi) is 3.13. The number of rotatable bonds is 2. The molecular weight excluding hydrogens is 148 g/mol. The van der Waals surface area contributed by atoms with Crippen LogP contribution in [0, 0.1) is 5.41 Å². The highest BCUT2D eigenvalue weighted by Gasteiger charge is 2.25. The van der Waals surface area contributed by atoms with Crippen molar-refractivity contribution < 1.29 is 0 Å². The zero-order valence-corrected chi connectivity index (χ0v) is 8.56. The van der Waals surface area contributed by atoms with Crippen molar-refractivity contribution in [2.45, 2.75) is 52.1 Å². The minimum absolute atomic E-state index is 0.254. The highest BCUT2D eigenvalue weighted by atomic mass is 14.9. The predicted octanol–water partition coefficient (Wildman–Crippen LogP) is 1.50. The zero-order valence-electron chi connectivity index (χ0n) is 8.56. The van der Waals surface area contributed by atoms with Gasteiger partial charge in [-0.3, -0.25) is 0 Å². The molecule has 3 N–H and O–H groups in total. The maximum atomic E-state index is 6.09. The van der Waals surface area contributed by atoms with Crippen LogP contribution in [-0.4, -0.2) is 18.6 Å². The van der Waals surface area contributed by atoms with E-state index in [1.165, 1.54) is 19.4 Å². The van der Waals surface area contributed by atoms with Crippen molar-refractivity contribution in [1.82, 2.24) is 5.32 Å². The van der Waals surface area contributed by atoms with Gasteiger partial charge >= 0.3 is 0 Å². The average molecular weight is 170 g/mol. The second kappa shape index (κ2) is 3.75. The smallest absolute Gasteiger partial charge is 0.0102 e. The molecule has 1 aliphatic heterocycles. The molecule has 0 aliphatic carbocycles. The summed E-state index contributed by atoms with van der Waals surface area (Å²) >= 11 is 0. The topological polar surface area (TPSA) is 38.0 Å². The summed E-state index contributed by atoms with van der Waals surface area (Å²) in [6, 6.07) is 1.01. The Morgan fingerprint density at radius 2 is 2.17 bits per heavy atom. The summed E-state index contributed by atoms with van der Waals surface area (Å²) in [4.78, 5) is 0. The van der Waals surface area contributed by atoms with Crippen molar-refractivity contribution in [2.75, 3.05) is 6.54 Å². The van der Waals surface area contributed by atoms with Crippen LogP contribution < -0.4 is 11.1 Å². The number of nitrogens with two attached hydrogens (primary N) is 1. The van der Waals surface area contributed by atoms with Gasteiger partial charge < -0.3 is 11.1 Å². The minimum atomic E-state index is 0.254. The molecule has 1 saturated heterocycles. The van der Waals surface area contributed by atoms with Crippen LogP contribution in [0.1, 0.15) is 40.0 Å². The van der Waals surface area contributed by atoms with Crippen molar-refractivity contribution in [1.29, 1.82) is 0 Å². The third-order valence-corrected chi connectivity index (χ3v) is 2.81. The van der Waals surface area contributed by atoms with Gasteiger partial charge in [-0.05, 0) is 31.2 Å². The van der Waals surface area contributed by atoms with E-state index in [1.807, 2.05) is 0 Å². The van der Waals surface area contributed by atoms with Crippen molar-refractivity contribution >= 4 is 0 Å². The molecular formula is C10H22N2. The fourth-order valence-electron chi connectivity index (χ4n) is 1.62. The summed E-state index contributed by atoms with van der Waals surface area (Å²) in [5.41, 5.74) is 6.34. The molecule has 0 saturated carbocycles. The van der Waals surface area contributed by atoms with Gasteiger partial charge in [0.25, 0.3) is 0 Å². The Morgan fingerprint density at radius 1 is 1.50 bits per heavy atom. The van der Waals surface area contributed by atoms with Gasteiger partial charge in [0.15, 0.2) is 0 Å². The largest absolute Gasteiger partial charge is 0.327 e. The van der Waals surface area contributed by atoms with Crippen molar-refractivity contribution in [3.63, 3.8) is 0 Å². The van der Waals surface area contributed by atoms with E-state index >= 15 is 0 Å². The van der Waals surface area contributed by atoms with Crippen LogP contribution in [0.3, 0.4) is 0 Å². The summed E-state index contributed by atoms with van der Waals surface area (Å²) in [6.45, 7) is 7.83. The van der Waals surface area contributed by atoms with E-state index in [0.717, 1.165) is 6.42 Å². The van der Waals surface area contributed by atoms with E-state index in [2.05, 4.69) is 26.1 Å². The zero-order chi connectivity index (χ0) is 9.19. The van der Waals surface area contributed by atoms with Gasteiger partial charge in [0, 0.05) is 12.1 Å². The first-order valence-electron chi connectivity index (χ1n) is 4.99. The second-order valence-electron chi connectivity index (χ2n) is 5.00. The molecule has 0 aromatic heterocycles. The molecule has 0 amide bonds. The molecule has 1 rings (SSSR count). The Hall–Kier alpha value is -0.0800. The van der Waals surface area contributed by atoms with Gasteiger partial charge in [0.1, 0.15) is 0 Å². The lowest BCUT2D eigenvalue weighted by atomic mass is 9.83. The van der Waals surface area contributed by atoms with Crippen molar-refractivity contribution in [3.05, 3.63) is 0 Å². The summed E-state index contributed by atoms with van der Waals surface area (Å²) in [7, 11) is 0. The molecule has 0 spiro atoms. The van der Waals surface area contributed by atoms with Crippen molar-refractivity contribution in [3.8, 4) is 0 Å². The van der Waals surface area contributed by atoms with E-state index < -0.39 is 0 Å². The molecule has 1 heterocycles. The molecule has 0 bridgehead atoms. The Morgan fingerprint density at radius 3 is 2.58 bits per heavy atom. The fourth-order valence-corrected chi connectivity index (χ4v) is 1.62. The summed E-state index contributed by atoms with van der Waals surface area (Å²) < 4.78 is 0. The van der Waals surface area contributed by atoms with Crippen LogP contribution in [0.2, 0.25) is 0 Å². The van der Waals surface area contributed by atoms with Gasteiger partial charge in [0.05, 0.1) is 0 Å². The van der Waals surface area contributed by atoms with E-state index in [1.54, 1.807) is 0 Å². The predicted molar refractivity (Wildman–Crippen MR) is 53.1 cm³/mol. The SMILES string of the molecule is CC(C)(C)C(N)CC1CCCN1. The lowest BCUT2D eigenvalue weighted by Crippen LogP contribution is -2.40. The van der Waals surface area contributed by atoms with E-state index in [-0.39, 0.29) is 5.41 Å². The van der Waals surface area contributed by atoms with Gasteiger partial charge in [-0.15, -0.1) is 0 Å². The van der Waals surface area contributed by atoms with Gasteiger partial charge in [-0.2, -0.15) is 0 Å². The van der Waals surface area contributed by atoms with Crippen LogP contribution in [0.15, 0.2) is 0 Å². The van der Waals surface area contributed by atoms with Crippen LogP contribution in [0.25, 0.3) is 0 Å². The lowest BCUT2D eigenvalue weighted by Gasteiger charge is -2.29. The molecule has 2 nitrogen and oxygen atoms in total.